The molecule has 2 unspecified atom stereocenters. The van der Waals surface area contributed by atoms with Crippen molar-refractivity contribution in [1.82, 2.24) is 0 Å². The van der Waals surface area contributed by atoms with Gasteiger partial charge in [-0.3, -0.25) is 19.2 Å². The van der Waals surface area contributed by atoms with Gasteiger partial charge in [0.1, 0.15) is 10.8 Å². The van der Waals surface area contributed by atoms with Gasteiger partial charge in [0.05, 0.1) is 52.0 Å². The summed E-state index contributed by atoms with van der Waals surface area (Å²) in [5, 5.41) is 0. The van der Waals surface area contributed by atoms with Crippen LogP contribution in [0.1, 0.15) is 48.4 Å². The molecule has 0 aromatic carbocycles. The quantitative estimate of drug-likeness (QED) is 0.214. The zero-order valence-corrected chi connectivity index (χ0v) is 22.9. The lowest BCUT2D eigenvalue weighted by Crippen LogP contribution is -2.69. The maximum Gasteiger partial charge on any atom is 0.334 e. The van der Waals surface area contributed by atoms with E-state index in [1.54, 1.807) is 0 Å². The van der Waals surface area contributed by atoms with Crippen LogP contribution in [0.3, 0.4) is 0 Å². The molecule has 12 heteroatoms. The number of fused-ring (bicyclic) bond motifs is 8. The number of ether oxygens (including phenoxy) is 5. The Hall–Kier alpha value is -4.06. The lowest BCUT2D eigenvalue weighted by atomic mass is 9.43. The Balaban J connectivity index is 1.86. The van der Waals surface area contributed by atoms with Crippen molar-refractivity contribution >= 4 is 35.4 Å². The number of carbonyl (C=O) groups is 6. The minimum atomic E-state index is -2.07. The zero-order valence-electron chi connectivity index (χ0n) is 22.9. The third kappa shape index (κ3) is 2.94. The maximum absolute atomic E-state index is 14.1. The van der Waals surface area contributed by atoms with Crippen LogP contribution in [0.25, 0.3) is 0 Å². The van der Waals surface area contributed by atoms with Gasteiger partial charge >= 0.3 is 23.9 Å². The second-order valence-electron chi connectivity index (χ2n) is 10.4. The molecule has 1 fully saturated rings. The third-order valence-corrected chi connectivity index (χ3v) is 8.97. The monoisotopic (exact) mass is 556 g/mol. The van der Waals surface area contributed by atoms with Crippen LogP contribution >= 0.6 is 0 Å². The summed E-state index contributed by atoms with van der Waals surface area (Å²) in [5.74, 6) is -4.36. The Kier molecular flexibility index (Phi) is 6.18. The molecule has 1 saturated heterocycles. The van der Waals surface area contributed by atoms with E-state index in [2.05, 4.69) is 0 Å². The van der Waals surface area contributed by atoms with Gasteiger partial charge in [-0.05, 0) is 36.5 Å². The van der Waals surface area contributed by atoms with E-state index in [1.807, 2.05) is 0 Å². The van der Waals surface area contributed by atoms with Crippen molar-refractivity contribution in [3.63, 3.8) is 0 Å². The maximum atomic E-state index is 14.1. The molecule has 4 aliphatic rings. The molecule has 2 aliphatic heterocycles. The Morgan fingerprint density at radius 3 is 1.95 bits per heavy atom. The summed E-state index contributed by atoms with van der Waals surface area (Å²) < 4.78 is 32.5. The summed E-state index contributed by atoms with van der Waals surface area (Å²) in [6.45, 7) is 2.54. The van der Waals surface area contributed by atoms with Crippen LogP contribution in [0.15, 0.2) is 33.0 Å². The highest BCUT2D eigenvalue weighted by molar-refractivity contribution is 6.08. The van der Waals surface area contributed by atoms with Crippen LogP contribution in [-0.2, 0) is 60.5 Å². The van der Waals surface area contributed by atoms with Crippen LogP contribution in [0.2, 0.25) is 0 Å². The predicted octanol–water partition coefficient (Wildman–Crippen LogP) is 1.37. The first-order chi connectivity index (χ1) is 18.9. The van der Waals surface area contributed by atoms with E-state index >= 15 is 0 Å². The molecule has 1 aromatic rings. The second-order valence-corrected chi connectivity index (χ2v) is 10.4. The SMILES string of the molecule is COC(=O)C1=C(C(=O)OC)CC2=C(C1)[C@@H]1O[C@@]2(C(C)=O)C2(C(=O)OC)Cc3coc(C(C)=O)c3CC12C(=O)OC. The van der Waals surface area contributed by atoms with E-state index < -0.39 is 58.0 Å². The fourth-order valence-electron chi connectivity index (χ4n) is 7.50. The van der Waals surface area contributed by atoms with Gasteiger partial charge in [-0.15, -0.1) is 0 Å². The smallest absolute Gasteiger partial charge is 0.334 e. The van der Waals surface area contributed by atoms with Crippen LogP contribution in [0.5, 0.6) is 0 Å². The summed E-state index contributed by atoms with van der Waals surface area (Å²) in [4.78, 5) is 79.9. The minimum absolute atomic E-state index is 0.0114. The summed E-state index contributed by atoms with van der Waals surface area (Å²) in [5.41, 5.74) is -4.53. The first-order valence-corrected chi connectivity index (χ1v) is 12.5. The largest absolute Gasteiger partial charge is 0.468 e. The number of rotatable bonds is 6. The number of hydrogen-bond donors (Lipinski definition) is 0. The third-order valence-electron chi connectivity index (χ3n) is 8.97. The highest BCUT2D eigenvalue weighted by atomic mass is 16.6. The van der Waals surface area contributed by atoms with Crippen molar-refractivity contribution in [2.75, 3.05) is 28.4 Å². The number of furan rings is 1. The van der Waals surface area contributed by atoms with E-state index in [9.17, 15) is 28.8 Å². The second kappa shape index (κ2) is 8.98. The number of carbonyl (C=O) groups excluding carboxylic acids is 6. The van der Waals surface area contributed by atoms with Gasteiger partial charge in [0.2, 0.25) is 0 Å². The Morgan fingerprint density at radius 1 is 0.825 bits per heavy atom. The van der Waals surface area contributed by atoms with Gasteiger partial charge in [0.25, 0.3) is 0 Å². The van der Waals surface area contributed by atoms with Crippen molar-refractivity contribution in [1.29, 1.82) is 0 Å². The van der Waals surface area contributed by atoms with Crippen molar-refractivity contribution in [2.45, 2.75) is 51.2 Å². The molecule has 40 heavy (non-hydrogen) atoms. The van der Waals surface area contributed by atoms with Gasteiger partial charge in [-0.2, -0.15) is 0 Å². The van der Waals surface area contributed by atoms with E-state index in [1.165, 1.54) is 20.1 Å². The summed E-state index contributed by atoms with van der Waals surface area (Å²) >= 11 is 0. The molecule has 12 nitrogen and oxygen atoms in total. The molecule has 4 atom stereocenters. The zero-order chi connectivity index (χ0) is 29.4. The summed E-state index contributed by atoms with van der Waals surface area (Å²) in [7, 11) is 4.59. The molecule has 2 aliphatic carbocycles. The number of methoxy groups -OCH3 is 4. The normalized spacial score (nSPS) is 29.7. The van der Waals surface area contributed by atoms with Crippen LogP contribution in [0.4, 0.5) is 0 Å². The Labute approximate surface area is 228 Å². The predicted molar refractivity (Wildman–Crippen MR) is 131 cm³/mol. The first-order valence-electron chi connectivity index (χ1n) is 12.5. The van der Waals surface area contributed by atoms with Crippen LogP contribution < -0.4 is 0 Å². The van der Waals surface area contributed by atoms with Crippen molar-refractivity contribution in [3.05, 3.63) is 45.4 Å². The minimum Gasteiger partial charge on any atom is -0.468 e. The molecular formula is C28H28O12. The highest BCUT2D eigenvalue weighted by Crippen LogP contribution is 2.73. The fourth-order valence-corrected chi connectivity index (χ4v) is 7.50. The standard InChI is InChI=1S/C28H28O12/c1-12(29)20-18-10-26(24(33)37-5)21-17-7-15(22(31)35-3)16(23(32)36-4)8-19(17)28(40-21,13(2)30)27(26,25(34)38-6)9-14(18)11-39-20/h11,21H,7-10H2,1-6H3/t21-,26?,27?,28+/m0/s1. The number of ketones is 2. The lowest BCUT2D eigenvalue weighted by Gasteiger charge is -2.54. The molecule has 0 amide bonds. The van der Waals surface area contributed by atoms with Gasteiger partial charge < -0.3 is 28.1 Å². The lowest BCUT2D eigenvalue weighted by molar-refractivity contribution is -0.184. The van der Waals surface area contributed by atoms with Gasteiger partial charge in [0, 0.05) is 25.3 Å². The molecule has 0 N–H and O–H groups in total. The van der Waals surface area contributed by atoms with E-state index in [-0.39, 0.29) is 48.2 Å². The topological polar surface area (TPSA) is 162 Å². The molecule has 5 rings (SSSR count). The van der Waals surface area contributed by atoms with E-state index in [0.717, 1.165) is 28.4 Å². The molecule has 1 aromatic heterocycles. The highest BCUT2D eigenvalue weighted by Gasteiger charge is 2.87. The first kappa shape index (κ1) is 27.5. The van der Waals surface area contributed by atoms with E-state index in [4.69, 9.17) is 28.1 Å². The molecular weight excluding hydrogens is 528 g/mol. The number of Topliss-reactive ketones (excluding diaryl/α,β-unsaturated/α-hetero) is 2. The molecule has 212 valence electrons. The average molecular weight is 557 g/mol. The summed E-state index contributed by atoms with van der Waals surface area (Å²) in [6, 6.07) is 0. The number of esters is 4. The van der Waals surface area contributed by atoms with Crippen molar-refractivity contribution < 1.29 is 56.9 Å². The molecule has 0 saturated carbocycles. The fraction of sp³-hybridized carbons (Fsp3) is 0.500. The molecule has 0 spiro atoms. The van der Waals surface area contributed by atoms with Crippen molar-refractivity contribution in [3.8, 4) is 0 Å². The van der Waals surface area contributed by atoms with E-state index in [0.29, 0.717) is 16.7 Å². The number of hydrogen-bond acceptors (Lipinski definition) is 12. The average Bonchev–Trinajstić information content (AvgIpc) is 3.60. The molecule has 3 heterocycles. The van der Waals surface area contributed by atoms with Gasteiger partial charge in [-0.25, -0.2) is 9.59 Å². The Bertz CT molecular complexity index is 1470. The Morgan fingerprint density at radius 2 is 1.43 bits per heavy atom. The van der Waals surface area contributed by atoms with Crippen LogP contribution in [0, 0.1) is 10.8 Å². The molecule has 2 bridgehead atoms. The summed E-state index contributed by atoms with van der Waals surface area (Å²) in [6.07, 6.45) is -0.903. The molecule has 0 radical (unpaired) electrons. The van der Waals surface area contributed by atoms with Gasteiger partial charge in [-0.1, -0.05) is 0 Å². The van der Waals surface area contributed by atoms with Crippen molar-refractivity contribution in [2.24, 2.45) is 10.8 Å². The van der Waals surface area contributed by atoms with Crippen LogP contribution in [-0.4, -0.2) is 75.6 Å². The van der Waals surface area contributed by atoms with Gasteiger partial charge in [0.15, 0.2) is 22.9 Å².